The van der Waals surface area contributed by atoms with Crippen molar-refractivity contribution in [2.45, 2.75) is 32.8 Å². The van der Waals surface area contributed by atoms with Crippen molar-refractivity contribution in [3.63, 3.8) is 0 Å². The topological polar surface area (TPSA) is 52.6 Å². The van der Waals surface area contributed by atoms with E-state index in [1.807, 2.05) is 25.1 Å². The lowest BCUT2D eigenvalue weighted by Gasteiger charge is -2.46. The molecule has 0 N–H and O–H groups in total. The Morgan fingerprint density at radius 1 is 1.12 bits per heavy atom. The number of esters is 2. The smallest absolute Gasteiger partial charge is 0.334 e. The summed E-state index contributed by atoms with van der Waals surface area (Å²) in [6.45, 7) is 3.67. The van der Waals surface area contributed by atoms with Crippen molar-refractivity contribution in [1.29, 1.82) is 0 Å². The van der Waals surface area contributed by atoms with Gasteiger partial charge in [0.2, 0.25) is 0 Å². The summed E-state index contributed by atoms with van der Waals surface area (Å²) in [6.07, 6.45) is 1.90. The van der Waals surface area contributed by atoms with E-state index in [0.717, 1.165) is 29.6 Å². The zero-order valence-electron chi connectivity index (χ0n) is 14.0. The average molecular weight is 326 g/mol. The maximum Gasteiger partial charge on any atom is 0.334 e. The quantitative estimate of drug-likeness (QED) is 0.797. The van der Waals surface area contributed by atoms with E-state index >= 15 is 0 Å². The predicted molar refractivity (Wildman–Crippen MR) is 88.7 cm³/mol. The van der Waals surface area contributed by atoms with E-state index in [9.17, 15) is 9.59 Å². The van der Waals surface area contributed by atoms with E-state index in [2.05, 4.69) is 12.1 Å². The minimum atomic E-state index is -0.228. The van der Waals surface area contributed by atoms with Crippen LogP contribution in [-0.4, -0.2) is 24.6 Å². The summed E-state index contributed by atoms with van der Waals surface area (Å²) in [6, 6.07) is 10.1. The van der Waals surface area contributed by atoms with Crippen molar-refractivity contribution < 1.29 is 19.1 Å². The van der Waals surface area contributed by atoms with Crippen LogP contribution in [0.3, 0.4) is 0 Å². The van der Waals surface area contributed by atoms with E-state index in [1.165, 1.54) is 6.92 Å². The largest absolute Gasteiger partial charge is 0.463 e. The maximum atomic E-state index is 12.6. The first kappa shape index (κ1) is 15.4. The van der Waals surface area contributed by atoms with E-state index in [0.29, 0.717) is 18.4 Å². The second kappa shape index (κ2) is 5.76. The Bertz CT molecular complexity index is 706. The van der Waals surface area contributed by atoms with E-state index in [-0.39, 0.29) is 29.9 Å². The molecule has 126 valence electrons. The minimum absolute atomic E-state index is 0.0458. The molecule has 2 fully saturated rings. The number of rotatable bonds is 4. The van der Waals surface area contributed by atoms with Gasteiger partial charge in [0.1, 0.15) is 6.10 Å². The summed E-state index contributed by atoms with van der Waals surface area (Å²) in [5, 5.41) is 0. The fourth-order valence-electron chi connectivity index (χ4n) is 5.14. The minimum Gasteiger partial charge on any atom is -0.463 e. The molecule has 0 aliphatic heterocycles. The standard InChI is InChI=1S/C20H22O4/c1-3-23-20(22)19-16(12-7-5-4-6-8-12)17-13-9-14(18(17)19)15(10-13)24-11(2)21/h4-8,13-15,17-18H,3,9-10H2,1-2H3/t13-,14+,15+,17+,18+/m1/s1. The highest BCUT2D eigenvalue weighted by atomic mass is 16.5. The fourth-order valence-corrected chi connectivity index (χ4v) is 5.14. The average Bonchev–Trinajstić information content (AvgIpc) is 3.02. The summed E-state index contributed by atoms with van der Waals surface area (Å²) in [4.78, 5) is 23.9. The Morgan fingerprint density at radius 2 is 1.88 bits per heavy atom. The van der Waals surface area contributed by atoms with Crippen LogP contribution in [-0.2, 0) is 19.1 Å². The molecule has 0 aromatic heterocycles. The molecular formula is C20H22O4. The van der Waals surface area contributed by atoms with Crippen molar-refractivity contribution in [1.82, 2.24) is 0 Å². The number of allylic oxidation sites excluding steroid dienone is 1. The van der Waals surface area contributed by atoms with Crippen LogP contribution in [0.4, 0.5) is 0 Å². The molecular weight excluding hydrogens is 304 g/mol. The van der Waals surface area contributed by atoms with Gasteiger partial charge in [-0.3, -0.25) is 4.79 Å². The van der Waals surface area contributed by atoms with Crippen molar-refractivity contribution >= 4 is 17.5 Å². The third kappa shape index (κ3) is 2.20. The van der Waals surface area contributed by atoms with Gasteiger partial charge in [-0.25, -0.2) is 4.79 Å². The Kier molecular flexibility index (Phi) is 3.70. The fraction of sp³-hybridized carbons (Fsp3) is 0.500. The van der Waals surface area contributed by atoms with Crippen LogP contribution in [0.15, 0.2) is 35.9 Å². The first-order valence-electron chi connectivity index (χ1n) is 8.75. The molecule has 1 aromatic carbocycles. The van der Waals surface area contributed by atoms with E-state index < -0.39 is 0 Å². The maximum absolute atomic E-state index is 12.6. The van der Waals surface area contributed by atoms with Crippen molar-refractivity contribution in [3.05, 3.63) is 41.5 Å². The number of hydrogen-bond donors (Lipinski definition) is 0. The molecule has 24 heavy (non-hydrogen) atoms. The summed E-state index contributed by atoms with van der Waals surface area (Å²) >= 11 is 0. The molecule has 0 radical (unpaired) electrons. The number of fused-ring (bicyclic) bond motifs is 5. The predicted octanol–water partition coefficient (Wildman–Crippen LogP) is 3.22. The Hall–Kier alpha value is -2.10. The van der Waals surface area contributed by atoms with E-state index in [1.54, 1.807) is 0 Å². The Labute approximate surface area is 141 Å². The van der Waals surface area contributed by atoms with Gasteiger partial charge in [0.05, 0.1) is 6.61 Å². The Morgan fingerprint density at radius 3 is 2.54 bits per heavy atom. The highest BCUT2D eigenvalue weighted by molar-refractivity contribution is 6.03. The van der Waals surface area contributed by atoms with Gasteiger partial charge in [0, 0.05) is 24.3 Å². The Balaban J connectivity index is 1.71. The van der Waals surface area contributed by atoms with Crippen molar-refractivity contribution in [3.8, 4) is 0 Å². The molecule has 0 saturated heterocycles. The van der Waals surface area contributed by atoms with Crippen molar-refractivity contribution in [2.75, 3.05) is 6.61 Å². The highest BCUT2D eigenvalue weighted by Crippen LogP contribution is 2.66. The third-order valence-corrected chi connectivity index (χ3v) is 5.80. The molecule has 0 amide bonds. The number of carbonyl (C=O) groups is 2. The van der Waals surface area contributed by atoms with Gasteiger partial charge >= 0.3 is 11.9 Å². The van der Waals surface area contributed by atoms with Crippen LogP contribution in [0, 0.1) is 23.7 Å². The lowest BCUT2D eigenvalue weighted by Crippen LogP contribution is -2.44. The van der Waals surface area contributed by atoms with Gasteiger partial charge in [0.15, 0.2) is 0 Å². The zero-order valence-corrected chi connectivity index (χ0v) is 14.0. The summed E-state index contributed by atoms with van der Waals surface area (Å²) < 4.78 is 10.8. The summed E-state index contributed by atoms with van der Waals surface area (Å²) in [7, 11) is 0. The molecule has 5 atom stereocenters. The van der Waals surface area contributed by atoms with Crippen LogP contribution in [0.2, 0.25) is 0 Å². The first-order chi connectivity index (χ1) is 11.6. The number of hydrogen-bond acceptors (Lipinski definition) is 4. The van der Waals surface area contributed by atoms with Crippen LogP contribution < -0.4 is 0 Å². The van der Waals surface area contributed by atoms with Gasteiger partial charge in [-0.1, -0.05) is 30.3 Å². The lowest BCUT2D eigenvalue weighted by molar-refractivity contribution is -0.150. The van der Waals surface area contributed by atoms with Gasteiger partial charge < -0.3 is 9.47 Å². The molecule has 0 unspecified atom stereocenters. The molecule has 4 nitrogen and oxygen atoms in total. The molecule has 1 aromatic rings. The van der Waals surface area contributed by atoms with Crippen LogP contribution in [0.5, 0.6) is 0 Å². The molecule has 4 heteroatoms. The van der Waals surface area contributed by atoms with Gasteiger partial charge in [-0.15, -0.1) is 0 Å². The monoisotopic (exact) mass is 326 g/mol. The third-order valence-electron chi connectivity index (χ3n) is 5.80. The number of benzene rings is 1. The van der Waals surface area contributed by atoms with Crippen LogP contribution in [0.25, 0.3) is 5.57 Å². The van der Waals surface area contributed by atoms with Gasteiger partial charge in [0.25, 0.3) is 0 Å². The van der Waals surface area contributed by atoms with Crippen LogP contribution >= 0.6 is 0 Å². The molecule has 4 rings (SSSR count). The molecule has 3 aliphatic carbocycles. The van der Waals surface area contributed by atoms with Gasteiger partial charge in [-0.05, 0) is 42.7 Å². The molecule has 3 aliphatic rings. The van der Waals surface area contributed by atoms with Gasteiger partial charge in [-0.2, -0.15) is 0 Å². The van der Waals surface area contributed by atoms with Crippen molar-refractivity contribution in [2.24, 2.45) is 23.7 Å². The SMILES string of the molecule is CCOC(=O)C1=C(c2ccccc2)[C@@H]2[C@@H]3C[C@H]([C@H]12)[C@@H](OC(C)=O)C3. The summed E-state index contributed by atoms with van der Waals surface area (Å²) in [5.41, 5.74) is 3.10. The highest BCUT2D eigenvalue weighted by Gasteiger charge is 2.63. The summed E-state index contributed by atoms with van der Waals surface area (Å²) in [5.74, 6) is 0.916. The van der Waals surface area contributed by atoms with E-state index in [4.69, 9.17) is 9.47 Å². The molecule has 0 spiro atoms. The second-order valence-corrected chi connectivity index (χ2v) is 7.01. The molecule has 2 saturated carbocycles. The molecule has 2 bridgehead atoms. The number of carbonyl (C=O) groups excluding carboxylic acids is 2. The molecule has 0 heterocycles. The second-order valence-electron chi connectivity index (χ2n) is 7.01. The first-order valence-corrected chi connectivity index (χ1v) is 8.75. The van der Waals surface area contributed by atoms with Crippen LogP contribution in [0.1, 0.15) is 32.3 Å². The number of ether oxygens (including phenoxy) is 2. The normalized spacial score (nSPS) is 33.0. The lowest BCUT2D eigenvalue weighted by atomic mass is 9.59. The zero-order chi connectivity index (χ0) is 16.8.